The van der Waals surface area contributed by atoms with Crippen molar-refractivity contribution in [2.45, 2.75) is 13.8 Å². The maximum atomic E-state index is 6.16. The van der Waals surface area contributed by atoms with Gasteiger partial charge >= 0.3 is 0 Å². The van der Waals surface area contributed by atoms with Gasteiger partial charge in [-0.05, 0) is 32.0 Å². The summed E-state index contributed by atoms with van der Waals surface area (Å²) in [6.45, 7) is 3.92. The zero-order chi connectivity index (χ0) is 11.7. The van der Waals surface area contributed by atoms with Crippen molar-refractivity contribution in [3.8, 4) is 11.1 Å². The summed E-state index contributed by atoms with van der Waals surface area (Å²) in [5.41, 5.74) is 3.77. The molecule has 1 aromatic carbocycles. The number of nitrogens with zero attached hydrogens (tertiary/aromatic N) is 1. The van der Waals surface area contributed by atoms with Crippen LogP contribution in [0.4, 0.5) is 0 Å². The zero-order valence-corrected chi connectivity index (χ0v) is 10.6. The molecule has 0 N–H and O–H groups in total. The molecule has 1 heterocycles. The average molecular weight is 252 g/mol. The molecule has 16 heavy (non-hydrogen) atoms. The van der Waals surface area contributed by atoms with Crippen LogP contribution in [-0.4, -0.2) is 4.98 Å². The smallest absolute Gasteiger partial charge is 0.0500 e. The molecule has 2 aromatic rings. The first-order chi connectivity index (χ1) is 7.59. The summed E-state index contributed by atoms with van der Waals surface area (Å²) in [7, 11) is 0. The fourth-order valence-corrected chi connectivity index (χ4v) is 2.31. The number of hydrogen-bond acceptors (Lipinski definition) is 1. The van der Waals surface area contributed by atoms with Crippen LogP contribution in [0.3, 0.4) is 0 Å². The van der Waals surface area contributed by atoms with Crippen LogP contribution in [0.15, 0.2) is 30.3 Å². The lowest BCUT2D eigenvalue weighted by molar-refractivity contribution is 1.13. The fourth-order valence-electron chi connectivity index (χ4n) is 1.71. The molecule has 0 atom stereocenters. The van der Waals surface area contributed by atoms with Crippen molar-refractivity contribution in [2.24, 2.45) is 0 Å². The van der Waals surface area contributed by atoms with Crippen LogP contribution in [-0.2, 0) is 0 Å². The molecule has 0 aliphatic heterocycles. The number of benzene rings is 1. The van der Waals surface area contributed by atoms with Crippen molar-refractivity contribution < 1.29 is 0 Å². The van der Waals surface area contributed by atoms with Gasteiger partial charge in [0.25, 0.3) is 0 Å². The normalized spacial score (nSPS) is 10.5. The van der Waals surface area contributed by atoms with Gasteiger partial charge in [0.05, 0.1) is 0 Å². The van der Waals surface area contributed by atoms with E-state index in [4.69, 9.17) is 23.2 Å². The first-order valence-electron chi connectivity index (χ1n) is 4.98. The van der Waals surface area contributed by atoms with Gasteiger partial charge in [-0.15, -0.1) is 0 Å². The first-order valence-corrected chi connectivity index (χ1v) is 5.74. The summed E-state index contributed by atoms with van der Waals surface area (Å²) in [6, 6.07) is 9.47. The van der Waals surface area contributed by atoms with Crippen LogP contribution in [0.1, 0.15) is 11.4 Å². The van der Waals surface area contributed by atoms with Crippen molar-refractivity contribution in [3.05, 3.63) is 51.8 Å². The standard InChI is InChI=1S/C13H11Cl2N/c1-8-6-7-10(9(2)16-8)13-11(14)4-3-5-12(13)15/h3-7H,1-2H3. The molecule has 0 unspecified atom stereocenters. The molecule has 0 fully saturated rings. The topological polar surface area (TPSA) is 12.9 Å². The Morgan fingerprint density at radius 1 is 0.938 bits per heavy atom. The van der Waals surface area contributed by atoms with Gasteiger partial charge in [-0.1, -0.05) is 35.3 Å². The number of pyridine rings is 1. The average Bonchev–Trinajstić information content (AvgIpc) is 2.20. The summed E-state index contributed by atoms with van der Waals surface area (Å²) < 4.78 is 0. The summed E-state index contributed by atoms with van der Waals surface area (Å²) in [5, 5.41) is 1.31. The second kappa shape index (κ2) is 4.44. The molecule has 0 amide bonds. The Labute approximate surface area is 105 Å². The van der Waals surface area contributed by atoms with Crippen LogP contribution >= 0.6 is 23.2 Å². The van der Waals surface area contributed by atoms with E-state index in [1.165, 1.54) is 0 Å². The van der Waals surface area contributed by atoms with Crippen molar-refractivity contribution >= 4 is 23.2 Å². The molecule has 3 heteroatoms. The highest BCUT2D eigenvalue weighted by Crippen LogP contribution is 2.35. The maximum absolute atomic E-state index is 6.16. The van der Waals surface area contributed by atoms with Crippen molar-refractivity contribution in [2.75, 3.05) is 0 Å². The Bertz CT molecular complexity index is 515. The molecule has 0 radical (unpaired) electrons. The maximum Gasteiger partial charge on any atom is 0.0500 e. The monoisotopic (exact) mass is 251 g/mol. The second-order valence-corrected chi connectivity index (χ2v) is 4.50. The quantitative estimate of drug-likeness (QED) is 0.718. The molecule has 0 saturated carbocycles. The third-order valence-electron chi connectivity index (χ3n) is 2.46. The fraction of sp³-hybridized carbons (Fsp3) is 0.154. The van der Waals surface area contributed by atoms with E-state index in [9.17, 15) is 0 Å². The number of halogens is 2. The van der Waals surface area contributed by atoms with Crippen LogP contribution in [0.2, 0.25) is 10.0 Å². The summed E-state index contributed by atoms with van der Waals surface area (Å²) in [5.74, 6) is 0. The van der Waals surface area contributed by atoms with E-state index in [0.29, 0.717) is 10.0 Å². The lowest BCUT2D eigenvalue weighted by atomic mass is 10.0. The highest BCUT2D eigenvalue weighted by atomic mass is 35.5. The summed E-state index contributed by atoms with van der Waals surface area (Å²) in [4.78, 5) is 4.41. The summed E-state index contributed by atoms with van der Waals surface area (Å²) in [6.07, 6.45) is 0. The van der Waals surface area contributed by atoms with E-state index in [1.807, 2.05) is 44.2 Å². The molecular weight excluding hydrogens is 241 g/mol. The minimum absolute atomic E-state index is 0.654. The van der Waals surface area contributed by atoms with Gasteiger partial charge < -0.3 is 0 Å². The highest BCUT2D eigenvalue weighted by molar-refractivity contribution is 6.39. The molecule has 0 saturated heterocycles. The lowest BCUT2D eigenvalue weighted by Crippen LogP contribution is -1.91. The molecule has 1 aromatic heterocycles. The number of hydrogen-bond donors (Lipinski definition) is 0. The molecule has 0 spiro atoms. The van der Waals surface area contributed by atoms with Gasteiger partial charge in [0.1, 0.15) is 0 Å². The molecule has 0 bridgehead atoms. The van der Waals surface area contributed by atoms with Gasteiger partial charge in [-0.25, -0.2) is 0 Å². The van der Waals surface area contributed by atoms with E-state index in [2.05, 4.69) is 4.98 Å². The van der Waals surface area contributed by atoms with Crippen molar-refractivity contribution in [3.63, 3.8) is 0 Å². The third kappa shape index (κ3) is 2.06. The van der Waals surface area contributed by atoms with E-state index in [0.717, 1.165) is 22.5 Å². The SMILES string of the molecule is Cc1ccc(-c2c(Cl)cccc2Cl)c(C)n1. The van der Waals surface area contributed by atoms with Gasteiger partial charge in [0.15, 0.2) is 0 Å². The van der Waals surface area contributed by atoms with E-state index in [1.54, 1.807) is 0 Å². The Hall–Kier alpha value is -1.05. The first kappa shape index (κ1) is 11.4. The van der Waals surface area contributed by atoms with E-state index < -0.39 is 0 Å². The van der Waals surface area contributed by atoms with E-state index in [-0.39, 0.29) is 0 Å². The van der Waals surface area contributed by atoms with Gasteiger partial charge in [-0.2, -0.15) is 0 Å². The predicted octanol–water partition coefficient (Wildman–Crippen LogP) is 4.67. The van der Waals surface area contributed by atoms with Gasteiger partial charge in [0.2, 0.25) is 0 Å². The Morgan fingerprint density at radius 3 is 2.12 bits per heavy atom. The number of rotatable bonds is 1. The Morgan fingerprint density at radius 2 is 1.56 bits per heavy atom. The van der Waals surface area contributed by atoms with Crippen molar-refractivity contribution in [1.29, 1.82) is 0 Å². The van der Waals surface area contributed by atoms with E-state index >= 15 is 0 Å². The Kier molecular flexibility index (Phi) is 3.17. The van der Waals surface area contributed by atoms with Crippen LogP contribution in [0.25, 0.3) is 11.1 Å². The minimum Gasteiger partial charge on any atom is -0.258 e. The minimum atomic E-state index is 0.654. The predicted molar refractivity (Wildman–Crippen MR) is 69.2 cm³/mol. The molecule has 0 aliphatic carbocycles. The number of aryl methyl sites for hydroxylation is 2. The third-order valence-corrected chi connectivity index (χ3v) is 3.09. The van der Waals surface area contributed by atoms with Crippen LogP contribution < -0.4 is 0 Å². The molecule has 1 nitrogen and oxygen atoms in total. The molecule has 0 aliphatic rings. The van der Waals surface area contributed by atoms with Crippen LogP contribution in [0, 0.1) is 13.8 Å². The molecule has 2 rings (SSSR count). The Balaban J connectivity index is 2.68. The second-order valence-electron chi connectivity index (χ2n) is 3.68. The number of aromatic nitrogens is 1. The van der Waals surface area contributed by atoms with Crippen LogP contribution in [0.5, 0.6) is 0 Å². The van der Waals surface area contributed by atoms with Crippen molar-refractivity contribution in [1.82, 2.24) is 4.98 Å². The molecule has 82 valence electrons. The largest absolute Gasteiger partial charge is 0.258 e. The lowest BCUT2D eigenvalue weighted by Gasteiger charge is -2.10. The zero-order valence-electron chi connectivity index (χ0n) is 9.09. The van der Waals surface area contributed by atoms with Gasteiger partial charge in [0, 0.05) is 32.6 Å². The highest BCUT2D eigenvalue weighted by Gasteiger charge is 2.10. The molecular formula is C13H11Cl2N. The summed E-state index contributed by atoms with van der Waals surface area (Å²) >= 11 is 12.3. The van der Waals surface area contributed by atoms with Gasteiger partial charge in [-0.3, -0.25) is 4.98 Å².